The van der Waals surface area contributed by atoms with Gasteiger partial charge >= 0.3 is 0 Å². The lowest BCUT2D eigenvalue weighted by molar-refractivity contribution is 0.271. The molecule has 1 fully saturated rings. The third kappa shape index (κ3) is 2.95. The fourth-order valence-electron chi connectivity index (χ4n) is 1.87. The van der Waals surface area contributed by atoms with Gasteiger partial charge in [-0.25, -0.2) is 4.68 Å². The zero-order valence-corrected chi connectivity index (χ0v) is 10.8. The molecular formula is C10H19N5S. The van der Waals surface area contributed by atoms with Crippen LogP contribution in [0.25, 0.3) is 0 Å². The highest BCUT2D eigenvalue weighted by Crippen LogP contribution is 2.13. The monoisotopic (exact) mass is 241 g/mol. The van der Waals surface area contributed by atoms with Gasteiger partial charge in [-0.2, -0.15) is 11.8 Å². The maximum Gasteiger partial charge on any atom is 0.165 e. The van der Waals surface area contributed by atoms with Crippen molar-refractivity contribution in [1.29, 1.82) is 0 Å². The van der Waals surface area contributed by atoms with Crippen LogP contribution in [0.4, 0.5) is 0 Å². The minimum atomic E-state index is 0.339. The smallest absolute Gasteiger partial charge is 0.165 e. The van der Waals surface area contributed by atoms with Gasteiger partial charge in [-0.15, -0.1) is 5.10 Å². The maximum atomic E-state index is 4.12. The molecule has 0 amide bonds. The van der Waals surface area contributed by atoms with E-state index in [1.807, 2.05) is 16.4 Å². The third-order valence-electron chi connectivity index (χ3n) is 2.73. The summed E-state index contributed by atoms with van der Waals surface area (Å²) in [4.78, 5) is 2.45. The van der Waals surface area contributed by atoms with Crippen LogP contribution in [0, 0.1) is 0 Å². The van der Waals surface area contributed by atoms with E-state index in [-0.39, 0.29) is 0 Å². The first-order valence-corrected chi connectivity index (χ1v) is 6.99. The summed E-state index contributed by atoms with van der Waals surface area (Å²) < 4.78 is 1.91. The average molecular weight is 241 g/mol. The standard InChI is InChI=1S/C10H19N5S/c1-9(2)15-10(11-12-13-15)8-14-4-3-6-16-7-5-14/h9H,3-8H2,1-2H3. The van der Waals surface area contributed by atoms with Crippen LogP contribution in [0.5, 0.6) is 0 Å². The van der Waals surface area contributed by atoms with Crippen molar-refractivity contribution in [3.63, 3.8) is 0 Å². The first-order valence-electron chi connectivity index (χ1n) is 5.84. The van der Waals surface area contributed by atoms with Gasteiger partial charge in [0.2, 0.25) is 0 Å². The molecule has 0 radical (unpaired) electrons. The molecule has 1 aromatic heterocycles. The first kappa shape index (κ1) is 11.9. The summed E-state index contributed by atoms with van der Waals surface area (Å²) in [6, 6.07) is 0.339. The number of aromatic nitrogens is 4. The van der Waals surface area contributed by atoms with E-state index in [0.29, 0.717) is 6.04 Å². The van der Waals surface area contributed by atoms with Crippen LogP contribution in [0.1, 0.15) is 32.1 Å². The van der Waals surface area contributed by atoms with Crippen molar-refractivity contribution in [2.45, 2.75) is 32.9 Å². The van der Waals surface area contributed by atoms with Gasteiger partial charge in [-0.05, 0) is 43.0 Å². The molecular weight excluding hydrogens is 222 g/mol. The van der Waals surface area contributed by atoms with Gasteiger partial charge in [0.1, 0.15) is 0 Å². The van der Waals surface area contributed by atoms with E-state index in [2.05, 4.69) is 34.3 Å². The quantitative estimate of drug-likeness (QED) is 0.795. The van der Waals surface area contributed by atoms with Crippen molar-refractivity contribution in [3.8, 4) is 0 Å². The molecule has 0 spiro atoms. The number of rotatable bonds is 3. The third-order valence-corrected chi connectivity index (χ3v) is 3.78. The van der Waals surface area contributed by atoms with E-state index < -0.39 is 0 Å². The Kier molecular flexibility index (Phi) is 4.17. The predicted octanol–water partition coefficient (Wildman–Crippen LogP) is 1.19. The molecule has 1 aliphatic heterocycles. The molecule has 2 heterocycles. The molecule has 1 aromatic rings. The average Bonchev–Trinajstić information content (AvgIpc) is 2.55. The van der Waals surface area contributed by atoms with Gasteiger partial charge in [0.05, 0.1) is 12.6 Å². The summed E-state index contributed by atoms with van der Waals surface area (Å²) in [6.07, 6.45) is 1.27. The molecule has 0 unspecified atom stereocenters. The second-order valence-electron chi connectivity index (χ2n) is 4.38. The molecule has 0 aromatic carbocycles. The lowest BCUT2D eigenvalue weighted by Crippen LogP contribution is -2.27. The van der Waals surface area contributed by atoms with E-state index in [4.69, 9.17) is 0 Å². The number of thioether (sulfide) groups is 1. The van der Waals surface area contributed by atoms with Crippen molar-refractivity contribution in [2.75, 3.05) is 24.6 Å². The van der Waals surface area contributed by atoms with E-state index in [1.54, 1.807) is 0 Å². The highest BCUT2D eigenvalue weighted by atomic mass is 32.2. The lowest BCUT2D eigenvalue weighted by atomic mass is 10.3. The molecule has 1 saturated heterocycles. The largest absolute Gasteiger partial charge is 0.295 e. The molecule has 0 bridgehead atoms. The number of hydrogen-bond donors (Lipinski definition) is 0. The highest BCUT2D eigenvalue weighted by molar-refractivity contribution is 7.99. The second-order valence-corrected chi connectivity index (χ2v) is 5.60. The Balaban J connectivity index is 1.99. The maximum absolute atomic E-state index is 4.12. The normalized spacial score (nSPS) is 18.9. The Bertz CT molecular complexity index is 317. The Labute approximate surface area is 101 Å². The van der Waals surface area contributed by atoms with Crippen molar-refractivity contribution in [2.24, 2.45) is 0 Å². The van der Waals surface area contributed by atoms with E-state index in [9.17, 15) is 0 Å². The topological polar surface area (TPSA) is 46.8 Å². The minimum absolute atomic E-state index is 0.339. The summed E-state index contributed by atoms with van der Waals surface area (Å²) in [5.74, 6) is 3.50. The van der Waals surface area contributed by atoms with Crippen molar-refractivity contribution >= 4 is 11.8 Å². The summed E-state index contributed by atoms with van der Waals surface area (Å²) in [7, 11) is 0. The van der Waals surface area contributed by atoms with Crippen molar-refractivity contribution in [3.05, 3.63) is 5.82 Å². The Morgan fingerprint density at radius 3 is 3.00 bits per heavy atom. The molecule has 1 aliphatic rings. The molecule has 0 atom stereocenters. The number of hydrogen-bond acceptors (Lipinski definition) is 5. The fraction of sp³-hybridized carbons (Fsp3) is 0.900. The van der Waals surface area contributed by atoms with Crippen LogP contribution in [0.15, 0.2) is 0 Å². The zero-order chi connectivity index (χ0) is 11.4. The molecule has 90 valence electrons. The summed E-state index contributed by atoms with van der Waals surface area (Å²) in [5.41, 5.74) is 0. The summed E-state index contributed by atoms with van der Waals surface area (Å²) >= 11 is 2.04. The highest BCUT2D eigenvalue weighted by Gasteiger charge is 2.15. The fourth-order valence-corrected chi connectivity index (χ4v) is 2.80. The molecule has 0 saturated carbocycles. The van der Waals surface area contributed by atoms with E-state index in [1.165, 1.54) is 17.9 Å². The first-order chi connectivity index (χ1) is 7.77. The van der Waals surface area contributed by atoms with Gasteiger partial charge in [0.25, 0.3) is 0 Å². The summed E-state index contributed by atoms with van der Waals surface area (Å²) in [6.45, 7) is 7.41. The molecule has 0 aliphatic carbocycles. The SMILES string of the molecule is CC(C)n1nnnc1CN1CCCSCC1. The van der Waals surface area contributed by atoms with Gasteiger partial charge in [-0.1, -0.05) is 0 Å². The minimum Gasteiger partial charge on any atom is -0.295 e. The number of tetrazole rings is 1. The van der Waals surface area contributed by atoms with Gasteiger partial charge in [-0.3, -0.25) is 4.90 Å². The Hall–Kier alpha value is -0.620. The summed E-state index contributed by atoms with van der Waals surface area (Å²) in [5, 5.41) is 11.9. The van der Waals surface area contributed by atoms with E-state index in [0.717, 1.165) is 25.5 Å². The van der Waals surface area contributed by atoms with Crippen LogP contribution in [0.2, 0.25) is 0 Å². The van der Waals surface area contributed by atoms with E-state index >= 15 is 0 Å². The Morgan fingerprint density at radius 2 is 2.19 bits per heavy atom. The molecule has 5 nitrogen and oxygen atoms in total. The van der Waals surface area contributed by atoms with Crippen LogP contribution >= 0.6 is 11.8 Å². The van der Waals surface area contributed by atoms with Gasteiger partial charge < -0.3 is 0 Å². The van der Waals surface area contributed by atoms with Crippen LogP contribution in [-0.4, -0.2) is 49.7 Å². The van der Waals surface area contributed by atoms with Crippen LogP contribution in [-0.2, 0) is 6.54 Å². The molecule has 0 N–H and O–H groups in total. The van der Waals surface area contributed by atoms with Crippen LogP contribution < -0.4 is 0 Å². The van der Waals surface area contributed by atoms with Crippen LogP contribution in [0.3, 0.4) is 0 Å². The molecule has 6 heteroatoms. The predicted molar refractivity (Wildman–Crippen MR) is 65.4 cm³/mol. The zero-order valence-electron chi connectivity index (χ0n) is 9.96. The lowest BCUT2D eigenvalue weighted by Gasteiger charge is -2.19. The molecule has 2 rings (SSSR count). The van der Waals surface area contributed by atoms with Crippen molar-refractivity contribution in [1.82, 2.24) is 25.1 Å². The van der Waals surface area contributed by atoms with Crippen molar-refractivity contribution < 1.29 is 0 Å². The second kappa shape index (κ2) is 5.63. The Morgan fingerprint density at radius 1 is 1.31 bits per heavy atom. The molecule has 16 heavy (non-hydrogen) atoms. The van der Waals surface area contributed by atoms with Gasteiger partial charge in [0.15, 0.2) is 5.82 Å². The van der Waals surface area contributed by atoms with Gasteiger partial charge in [0, 0.05) is 12.3 Å². The number of nitrogens with zero attached hydrogens (tertiary/aromatic N) is 5.